The van der Waals surface area contributed by atoms with Crippen LogP contribution in [-0.4, -0.2) is 22.9 Å². The quantitative estimate of drug-likeness (QED) is 0.358. The van der Waals surface area contributed by atoms with Crippen molar-refractivity contribution in [1.82, 2.24) is 10.4 Å². The minimum absolute atomic E-state index is 0.165. The van der Waals surface area contributed by atoms with Crippen molar-refractivity contribution in [2.45, 2.75) is 11.3 Å². The Morgan fingerprint density at radius 3 is 2.69 bits per heavy atom. The van der Waals surface area contributed by atoms with Crippen molar-refractivity contribution in [2.75, 3.05) is 5.75 Å². The second-order valence-corrected chi connectivity index (χ2v) is 8.02. The van der Waals surface area contributed by atoms with E-state index in [0.29, 0.717) is 5.02 Å². The van der Waals surface area contributed by atoms with Crippen LogP contribution in [0.1, 0.15) is 11.1 Å². The van der Waals surface area contributed by atoms with Gasteiger partial charge in [0.1, 0.15) is 0 Å². The van der Waals surface area contributed by atoms with Gasteiger partial charge in [0.15, 0.2) is 4.34 Å². The van der Waals surface area contributed by atoms with Gasteiger partial charge in [-0.1, -0.05) is 65.3 Å². The van der Waals surface area contributed by atoms with Crippen molar-refractivity contribution < 1.29 is 4.79 Å². The van der Waals surface area contributed by atoms with Gasteiger partial charge in [0.05, 0.1) is 17.7 Å². The molecule has 132 valence electrons. The van der Waals surface area contributed by atoms with Crippen molar-refractivity contribution in [3.63, 3.8) is 0 Å². The van der Waals surface area contributed by atoms with Gasteiger partial charge >= 0.3 is 0 Å². The fourth-order valence-electron chi connectivity index (χ4n) is 2.07. The molecule has 1 heterocycles. The summed E-state index contributed by atoms with van der Waals surface area (Å²) >= 11 is 8.80. The van der Waals surface area contributed by atoms with Gasteiger partial charge in [-0.25, -0.2) is 10.4 Å². The second kappa shape index (κ2) is 8.98. The number of nitrogens with zero attached hydrogens (tertiary/aromatic N) is 2. The maximum Gasteiger partial charge on any atom is 0.250 e. The van der Waals surface area contributed by atoms with E-state index in [1.54, 1.807) is 6.21 Å². The van der Waals surface area contributed by atoms with Gasteiger partial charge in [-0.15, -0.1) is 11.3 Å². The summed E-state index contributed by atoms with van der Waals surface area (Å²) in [4.78, 5) is 16.4. The van der Waals surface area contributed by atoms with Crippen LogP contribution in [0.5, 0.6) is 0 Å². The topological polar surface area (TPSA) is 54.4 Å². The molecule has 0 aliphatic rings. The molecule has 1 N–H and O–H groups in total. The van der Waals surface area contributed by atoms with Gasteiger partial charge in [-0.3, -0.25) is 4.79 Å². The Kier molecular flexibility index (Phi) is 6.44. The van der Waals surface area contributed by atoms with Crippen LogP contribution in [0.25, 0.3) is 11.3 Å². The highest BCUT2D eigenvalue weighted by Gasteiger charge is 2.07. The number of thiazole rings is 1. The van der Waals surface area contributed by atoms with Crippen molar-refractivity contribution in [3.8, 4) is 11.3 Å². The third kappa shape index (κ3) is 5.42. The Hall–Kier alpha value is -2.15. The number of benzene rings is 2. The first-order valence-corrected chi connectivity index (χ1v) is 10.1. The SMILES string of the molecule is Cc1ccc(/C=N/NC(=O)CSc2nc(-c3ccc(Cl)cc3)cs2)cc1. The first-order valence-electron chi connectivity index (χ1n) is 7.83. The molecule has 3 rings (SSSR count). The molecule has 0 aliphatic heterocycles. The van der Waals surface area contributed by atoms with Gasteiger partial charge in [0.2, 0.25) is 0 Å². The number of carbonyl (C=O) groups excluding carboxylic acids is 1. The number of amides is 1. The summed E-state index contributed by atoms with van der Waals surface area (Å²) in [6.45, 7) is 2.02. The molecule has 0 unspecified atom stereocenters. The molecule has 0 aliphatic carbocycles. The third-order valence-electron chi connectivity index (χ3n) is 3.43. The molecule has 7 heteroatoms. The van der Waals surface area contributed by atoms with Gasteiger partial charge in [-0.05, 0) is 24.6 Å². The Morgan fingerprint density at radius 1 is 1.23 bits per heavy atom. The van der Waals surface area contributed by atoms with Crippen LogP contribution in [0, 0.1) is 6.92 Å². The summed E-state index contributed by atoms with van der Waals surface area (Å²) in [5.41, 5.74) is 6.54. The highest BCUT2D eigenvalue weighted by Crippen LogP contribution is 2.28. The number of thioether (sulfide) groups is 1. The molecule has 0 saturated carbocycles. The van der Waals surface area contributed by atoms with E-state index in [4.69, 9.17) is 11.6 Å². The van der Waals surface area contributed by atoms with E-state index in [1.165, 1.54) is 28.7 Å². The molecule has 2 aromatic carbocycles. The molecular weight excluding hydrogens is 386 g/mol. The lowest BCUT2D eigenvalue weighted by molar-refractivity contribution is -0.118. The molecule has 26 heavy (non-hydrogen) atoms. The number of carbonyl (C=O) groups is 1. The van der Waals surface area contributed by atoms with Gasteiger partial charge in [0, 0.05) is 16.0 Å². The van der Waals surface area contributed by atoms with Crippen LogP contribution >= 0.6 is 34.7 Å². The van der Waals surface area contributed by atoms with Gasteiger partial charge in [0.25, 0.3) is 5.91 Å². The molecular formula is C19H16ClN3OS2. The number of aromatic nitrogens is 1. The van der Waals surface area contributed by atoms with E-state index in [2.05, 4.69) is 15.5 Å². The van der Waals surface area contributed by atoms with Gasteiger partial charge in [-0.2, -0.15) is 5.10 Å². The second-order valence-electron chi connectivity index (χ2n) is 5.50. The third-order valence-corrected chi connectivity index (χ3v) is 5.70. The molecule has 1 aromatic heterocycles. The Labute approximate surface area is 165 Å². The molecule has 0 saturated heterocycles. The molecule has 3 aromatic rings. The van der Waals surface area contributed by atoms with Crippen LogP contribution in [0.4, 0.5) is 0 Å². The summed E-state index contributed by atoms with van der Waals surface area (Å²) in [7, 11) is 0. The monoisotopic (exact) mass is 401 g/mol. The summed E-state index contributed by atoms with van der Waals surface area (Å²) in [6, 6.07) is 15.4. The van der Waals surface area contributed by atoms with Crippen molar-refractivity contribution in [1.29, 1.82) is 0 Å². The predicted octanol–water partition coefficient (Wildman–Crippen LogP) is 5.01. The maximum absolute atomic E-state index is 11.9. The lowest BCUT2D eigenvalue weighted by atomic mass is 10.2. The van der Waals surface area contributed by atoms with Crippen molar-refractivity contribution >= 4 is 46.8 Å². The number of hydrazone groups is 1. The Balaban J connectivity index is 1.48. The lowest BCUT2D eigenvalue weighted by Gasteiger charge is -1.99. The predicted molar refractivity (Wildman–Crippen MR) is 110 cm³/mol. The standard InChI is InChI=1S/C19H16ClN3OS2/c1-13-2-4-14(5-3-13)10-21-23-18(24)12-26-19-22-17(11-25-19)15-6-8-16(20)9-7-15/h2-11H,12H2,1H3,(H,23,24)/b21-10+. The average molecular weight is 402 g/mol. The molecule has 0 spiro atoms. The van der Waals surface area contributed by atoms with Crippen LogP contribution in [0.15, 0.2) is 63.4 Å². The Morgan fingerprint density at radius 2 is 1.96 bits per heavy atom. The number of hydrogen-bond acceptors (Lipinski definition) is 5. The smallest absolute Gasteiger partial charge is 0.250 e. The maximum atomic E-state index is 11.9. The number of nitrogens with one attached hydrogen (secondary N) is 1. The first kappa shape index (κ1) is 18.6. The largest absolute Gasteiger partial charge is 0.272 e. The zero-order valence-corrected chi connectivity index (χ0v) is 16.4. The first-order chi connectivity index (χ1) is 12.6. The Bertz CT molecular complexity index is 905. The molecule has 0 fully saturated rings. The zero-order chi connectivity index (χ0) is 18.4. The van der Waals surface area contributed by atoms with E-state index in [-0.39, 0.29) is 11.7 Å². The molecule has 0 radical (unpaired) electrons. The summed E-state index contributed by atoms with van der Waals surface area (Å²) in [5, 5.41) is 6.64. The van der Waals surface area contributed by atoms with Gasteiger partial charge < -0.3 is 0 Å². The van der Waals surface area contributed by atoms with Crippen molar-refractivity contribution in [3.05, 3.63) is 70.1 Å². The van der Waals surface area contributed by atoms with E-state index in [9.17, 15) is 4.79 Å². The number of rotatable bonds is 6. The molecule has 1 amide bonds. The number of aryl methyl sites for hydroxylation is 1. The normalized spacial score (nSPS) is 11.0. The van der Waals surface area contributed by atoms with E-state index in [1.807, 2.05) is 60.8 Å². The zero-order valence-electron chi connectivity index (χ0n) is 14.0. The van der Waals surface area contributed by atoms with Crippen LogP contribution < -0.4 is 5.43 Å². The summed E-state index contributed by atoms with van der Waals surface area (Å²) < 4.78 is 0.840. The minimum atomic E-state index is -0.165. The summed E-state index contributed by atoms with van der Waals surface area (Å²) in [5.74, 6) is 0.0975. The van der Waals surface area contributed by atoms with Crippen LogP contribution in [0.2, 0.25) is 5.02 Å². The highest BCUT2D eigenvalue weighted by atomic mass is 35.5. The number of hydrogen-bond donors (Lipinski definition) is 1. The minimum Gasteiger partial charge on any atom is -0.272 e. The average Bonchev–Trinajstić information content (AvgIpc) is 3.11. The molecule has 0 bridgehead atoms. The highest BCUT2D eigenvalue weighted by molar-refractivity contribution is 8.01. The summed E-state index contributed by atoms with van der Waals surface area (Å²) in [6.07, 6.45) is 1.63. The van der Waals surface area contributed by atoms with E-state index < -0.39 is 0 Å². The number of halogens is 1. The molecule has 4 nitrogen and oxygen atoms in total. The van der Waals surface area contributed by atoms with Crippen molar-refractivity contribution in [2.24, 2.45) is 5.10 Å². The fraction of sp³-hybridized carbons (Fsp3) is 0.105. The lowest BCUT2D eigenvalue weighted by Crippen LogP contribution is -2.19. The fourth-order valence-corrected chi connectivity index (χ4v) is 3.82. The van der Waals surface area contributed by atoms with E-state index >= 15 is 0 Å². The van der Waals surface area contributed by atoms with Crippen LogP contribution in [-0.2, 0) is 4.79 Å². The molecule has 0 atom stereocenters. The van der Waals surface area contributed by atoms with Crippen LogP contribution in [0.3, 0.4) is 0 Å². The van der Waals surface area contributed by atoms with E-state index in [0.717, 1.165) is 21.2 Å².